The van der Waals surface area contributed by atoms with Gasteiger partial charge in [-0.25, -0.2) is 4.79 Å². The van der Waals surface area contributed by atoms with Crippen LogP contribution in [-0.4, -0.2) is 29.7 Å². The molecule has 0 saturated heterocycles. The van der Waals surface area contributed by atoms with Gasteiger partial charge in [0, 0.05) is 12.1 Å². The van der Waals surface area contributed by atoms with Crippen LogP contribution in [0.25, 0.3) is 0 Å². The number of nitrogens with one attached hydrogen (secondary N) is 1. The van der Waals surface area contributed by atoms with E-state index in [1.807, 2.05) is 30.3 Å². The molecule has 0 amide bonds. The van der Waals surface area contributed by atoms with E-state index in [-0.39, 0.29) is 19.4 Å². The third kappa shape index (κ3) is 4.86. The van der Waals surface area contributed by atoms with Crippen LogP contribution in [0.15, 0.2) is 30.3 Å². The molecule has 1 atom stereocenters. The molecular weight excluding hydrogens is 234 g/mol. The number of hydrogen-bond acceptors (Lipinski definition) is 4. The normalized spacial score (nSPS) is 11.6. The fourth-order valence-electron chi connectivity index (χ4n) is 1.50. The van der Waals surface area contributed by atoms with Crippen LogP contribution in [-0.2, 0) is 14.3 Å². The van der Waals surface area contributed by atoms with Gasteiger partial charge in [0.15, 0.2) is 0 Å². The maximum Gasteiger partial charge on any atom is 0.328 e. The van der Waals surface area contributed by atoms with E-state index in [0.29, 0.717) is 0 Å². The molecule has 0 heterocycles. The fourth-order valence-corrected chi connectivity index (χ4v) is 1.50. The number of carboxylic acids is 1. The Hall–Kier alpha value is -2.04. The molecule has 1 aromatic rings. The molecule has 0 aliphatic carbocycles. The van der Waals surface area contributed by atoms with Gasteiger partial charge < -0.3 is 15.2 Å². The molecule has 98 valence electrons. The highest BCUT2D eigenvalue weighted by molar-refractivity contribution is 5.80. The van der Waals surface area contributed by atoms with Crippen LogP contribution in [0.2, 0.25) is 0 Å². The molecule has 1 unspecified atom stereocenters. The molecule has 0 aromatic heterocycles. The first kappa shape index (κ1) is 14.0. The topological polar surface area (TPSA) is 75.6 Å². The smallest absolute Gasteiger partial charge is 0.328 e. The lowest BCUT2D eigenvalue weighted by atomic mass is 10.1. The number of esters is 1. The second-order valence-corrected chi connectivity index (χ2v) is 3.75. The zero-order chi connectivity index (χ0) is 13.4. The summed E-state index contributed by atoms with van der Waals surface area (Å²) >= 11 is 0. The first-order valence-corrected chi connectivity index (χ1v) is 5.83. The quantitative estimate of drug-likeness (QED) is 0.724. The fraction of sp³-hybridized carbons (Fsp3) is 0.385. The van der Waals surface area contributed by atoms with Crippen LogP contribution in [0, 0.1) is 0 Å². The maximum atomic E-state index is 11.7. The number of carboxylic acid groups (broad SMARTS) is 1. The number of benzene rings is 1. The summed E-state index contributed by atoms with van der Waals surface area (Å²) in [4.78, 5) is 22.2. The first-order chi connectivity index (χ1) is 8.63. The third-order valence-corrected chi connectivity index (χ3v) is 2.33. The molecule has 5 nitrogen and oxygen atoms in total. The van der Waals surface area contributed by atoms with E-state index in [9.17, 15) is 9.59 Å². The van der Waals surface area contributed by atoms with Crippen molar-refractivity contribution in [3.05, 3.63) is 30.3 Å². The Kier molecular flexibility index (Phi) is 5.70. The molecule has 0 aliphatic heterocycles. The Labute approximate surface area is 106 Å². The minimum Gasteiger partial charge on any atom is -0.481 e. The molecule has 2 N–H and O–H groups in total. The Bertz CT molecular complexity index is 391. The molecule has 0 saturated carbocycles. The number of rotatable bonds is 7. The summed E-state index contributed by atoms with van der Waals surface area (Å²) in [6.07, 6.45) is 0.117. The monoisotopic (exact) mass is 251 g/mol. The summed E-state index contributed by atoms with van der Waals surface area (Å²) in [5.74, 6) is -1.36. The summed E-state index contributed by atoms with van der Waals surface area (Å²) in [7, 11) is 0. The van der Waals surface area contributed by atoms with Gasteiger partial charge in [0.2, 0.25) is 0 Å². The van der Waals surface area contributed by atoms with Crippen molar-refractivity contribution < 1.29 is 19.4 Å². The molecule has 0 fully saturated rings. The average Bonchev–Trinajstić information content (AvgIpc) is 2.35. The lowest BCUT2D eigenvalue weighted by Crippen LogP contribution is -2.32. The second kappa shape index (κ2) is 7.32. The largest absolute Gasteiger partial charge is 0.481 e. The minimum absolute atomic E-state index is 0.0800. The molecule has 5 heteroatoms. The van der Waals surface area contributed by atoms with Crippen LogP contribution >= 0.6 is 0 Å². The predicted octanol–water partition coefficient (Wildman–Crippen LogP) is 1.89. The van der Waals surface area contributed by atoms with Crippen molar-refractivity contribution in [3.8, 4) is 0 Å². The molecule has 0 aliphatic rings. The zero-order valence-electron chi connectivity index (χ0n) is 10.3. The summed E-state index contributed by atoms with van der Waals surface area (Å²) in [6, 6.07) is 8.52. The second-order valence-electron chi connectivity index (χ2n) is 3.75. The summed E-state index contributed by atoms with van der Waals surface area (Å²) < 4.78 is 4.91. The first-order valence-electron chi connectivity index (χ1n) is 5.83. The molecular formula is C13H17NO4. The highest BCUT2D eigenvalue weighted by Gasteiger charge is 2.20. The van der Waals surface area contributed by atoms with Crippen molar-refractivity contribution in [2.24, 2.45) is 0 Å². The van der Waals surface area contributed by atoms with Gasteiger partial charge in [-0.3, -0.25) is 4.79 Å². The van der Waals surface area contributed by atoms with Gasteiger partial charge in [-0.15, -0.1) is 0 Å². The number of aliphatic carboxylic acids is 1. The lowest BCUT2D eigenvalue weighted by Gasteiger charge is -2.17. The van der Waals surface area contributed by atoms with Crippen LogP contribution in [0.5, 0.6) is 0 Å². The van der Waals surface area contributed by atoms with E-state index in [4.69, 9.17) is 9.84 Å². The third-order valence-electron chi connectivity index (χ3n) is 2.33. The number of carbonyl (C=O) groups excluding carboxylic acids is 1. The van der Waals surface area contributed by atoms with E-state index in [1.165, 1.54) is 0 Å². The van der Waals surface area contributed by atoms with Crippen molar-refractivity contribution >= 4 is 17.6 Å². The van der Waals surface area contributed by atoms with Crippen LogP contribution < -0.4 is 5.32 Å². The summed E-state index contributed by atoms with van der Waals surface area (Å²) in [5.41, 5.74) is 0.765. The number of anilines is 1. The van der Waals surface area contributed by atoms with Crippen molar-refractivity contribution in [2.75, 3.05) is 11.9 Å². The summed E-state index contributed by atoms with van der Waals surface area (Å²) in [5, 5.41) is 11.6. The predicted molar refractivity (Wildman–Crippen MR) is 67.4 cm³/mol. The van der Waals surface area contributed by atoms with Gasteiger partial charge in [-0.05, 0) is 25.5 Å². The van der Waals surface area contributed by atoms with Gasteiger partial charge in [0.1, 0.15) is 6.04 Å². The van der Waals surface area contributed by atoms with E-state index in [2.05, 4.69) is 5.32 Å². The van der Waals surface area contributed by atoms with Crippen LogP contribution in [0.4, 0.5) is 5.69 Å². The Morgan fingerprint density at radius 3 is 2.56 bits per heavy atom. The summed E-state index contributed by atoms with van der Waals surface area (Å²) in [6.45, 7) is 1.99. The molecule has 1 aromatic carbocycles. The number of ether oxygens (including phenoxy) is 1. The van der Waals surface area contributed by atoms with E-state index in [1.54, 1.807) is 6.92 Å². The van der Waals surface area contributed by atoms with Crippen molar-refractivity contribution in [3.63, 3.8) is 0 Å². The molecule has 0 spiro atoms. The van der Waals surface area contributed by atoms with Crippen molar-refractivity contribution in [1.82, 2.24) is 0 Å². The highest BCUT2D eigenvalue weighted by atomic mass is 16.5. The highest BCUT2D eigenvalue weighted by Crippen LogP contribution is 2.11. The zero-order valence-corrected chi connectivity index (χ0v) is 10.3. The van der Waals surface area contributed by atoms with Gasteiger partial charge in [0.25, 0.3) is 0 Å². The molecule has 0 bridgehead atoms. The number of carbonyl (C=O) groups is 2. The van der Waals surface area contributed by atoms with Gasteiger partial charge in [-0.2, -0.15) is 0 Å². The number of hydrogen-bond donors (Lipinski definition) is 2. The average molecular weight is 251 g/mol. The maximum absolute atomic E-state index is 11.7. The number of para-hydroxylation sites is 1. The minimum atomic E-state index is -0.931. The van der Waals surface area contributed by atoms with Gasteiger partial charge >= 0.3 is 11.9 Å². The van der Waals surface area contributed by atoms with Crippen molar-refractivity contribution in [2.45, 2.75) is 25.8 Å². The Balaban J connectivity index is 2.64. The van der Waals surface area contributed by atoms with Gasteiger partial charge in [0.05, 0.1) is 6.61 Å². The Morgan fingerprint density at radius 1 is 1.33 bits per heavy atom. The Morgan fingerprint density at radius 2 is 2.00 bits per heavy atom. The van der Waals surface area contributed by atoms with Crippen LogP contribution in [0.3, 0.4) is 0 Å². The lowest BCUT2D eigenvalue weighted by molar-refractivity contribution is -0.144. The van der Waals surface area contributed by atoms with Crippen LogP contribution in [0.1, 0.15) is 19.8 Å². The molecule has 1 rings (SSSR count). The van der Waals surface area contributed by atoms with E-state index in [0.717, 1.165) is 5.69 Å². The van der Waals surface area contributed by atoms with E-state index >= 15 is 0 Å². The van der Waals surface area contributed by atoms with E-state index < -0.39 is 18.0 Å². The standard InChI is InChI=1S/C13H17NO4/c1-2-18-13(17)11(8-9-12(15)16)14-10-6-4-3-5-7-10/h3-7,11,14H,2,8-9H2,1H3,(H,15,16). The van der Waals surface area contributed by atoms with Gasteiger partial charge in [-0.1, -0.05) is 18.2 Å². The molecule has 0 radical (unpaired) electrons. The molecule has 18 heavy (non-hydrogen) atoms. The van der Waals surface area contributed by atoms with Crippen molar-refractivity contribution in [1.29, 1.82) is 0 Å². The SMILES string of the molecule is CCOC(=O)C(CCC(=O)O)Nc1ccccc1.